The van der Waals surface area contributed by atoms with Gasteiger partial charge >= 0.3 is 0 Å². The molecule has 1 atom stereocenters. The van der Waals surface area contributed by atoms with E-state index in [1.165, 1.54) is 0 Å². The largest absolute Gasteiger partial charge is 0.388 e. The summed E-state index contributed by atoms with van der Waals surface area (Å²) in [4.78, 5) is 0. The zero-order valence-corrected chi connectivity index (χ0v) is 7.27. The molecule has 0 aromatic heterocycles. The first kappa shape index (κ1) is 10.4. The molecule has 0 fully saturated rings. The second-order valence-corrected chi connectivity index (χ2v) is 3.10. The van der Waals surface area contributed by atoms with E-state index in [-0.39, 0.29) is 0 Å². The molecule has 0 bridgehead atoms. The van der Waals surface area contributed by atoms with Crippen molar-refractivity contribution in [2.75, 3.05) is 0 Å². The fraction of sp³-hybridized carbons (Fsp3) is 0.875. The number of hydrogen-bond donors (Lipinski definition) is 3. The van der Waals surface area contributed by atoms with E-state index in [0.29, 0.717) is 11.9 Å². The molecule has 3 heteroatoms. The van der Waals surface area contributed by atoms with Gasteiger partial charge in [0.2, 0.25) is 0 Å². The first-order valence-corrected chi connectivity index (χ1v) is 4.21. The Labute approximate surface area is 68.7 Å². The highest BCUT2D eigenvalue weighted by Crippen LogP contribution is 2.03. The van der Waals surface area contributed by atoms with Crippen molar-refractivity contribution >= 4 is 5.84 Å². The van der Waals surface area contributed by atoms with Crippen LogP contribution >= 0.6 is 0 Å². The van der Waals surface area contributed by atoms with Crippen molar-refractivity contribution in [3.8, 4) is 0 Å². The van der Waals surface area contributed by atoms with Gasteiger partial charge in [-0.3, -0.25) is 5.41 Å². The molecule has 1 unspecified atom stereocenters. The van der Waals surface area contributed by atoms with Crippen LogP contribution in [0.25, 0.3) is 0 Å². The molecule has 5 N–H and O–H groups in total. The molecule has 0 radical (unpaired) electrons. The lowest BCUT2D eigenvalue weighted by molar-refractivity contribution is 0.584. The number of hydrogen-bond acceptors (Lipinski definition) is 2. The van der Waals surface area contributed by atoms with Crippen LogP contribution < -0.4 is 11.5 Å². The lowest BCUT2D eigenvalue weighted by Gasteiger charge is -2.03. The molecule has 0 amide bonds. The van der Waals surface area contributed by atoms with Gasteiger partial charge in [0.15, 0.2) is 0 Å². The van der Waals surface area contributed by atoms with Gasteiger partial charge in [0, 0.05) is 12.5 Å². The molecule has 0 rings (SSSR count). The van der Waals surface area contributed by atoms with Gasteiger partial charge in [-0.1, -0.05) is 12.8 Å². The summed E-state index contributed by atoms with van der Waals surface area (Å²) in [7, 11) is 0. The minimum atomic E-state index is 0.297. The molecule has 0 saturated heterocycles. The molecule has 0 spiro atoms. The fourth-order valence-electron chi connectivity index (χ4n) is 0.959. The Morgan fingerprint density at radius 3 is 2.45 bits per heavy atom. The highest BCUT2D eigenvalue weighted by atomic mass is 14.7. The minimum Gasteiger partial charge on any atom is -0.388 e. The van der Waals surface area contributed by atoms with Crippen LogP contribution in [-0.4, -0.2) is 11.9 Å². The molecule has 0 aromatic rings. The predicted octanol–water partition coefficient (Wildman–Crippen LogP) is 1.22. The van der Waals surface area contributed by atoms with Crippen LogP contribution in [0.4, 0.5) is 0 Å². The zero-order valence-electron chi connectivity index (χ0n) is 7.27. The molecule has 11 heavy (non-hydrogen) atoms. The minimum absolute atomic E-state index is 0.297. The Morgan fingerprint density at radius 1 is 1.36 bits per heavy atom. The standard InChI is InChI=1S/C8H19N3/c1-7(9)5-3-2-4-6-8(10)11/h7H,2-6,9H2,1H3,(H3,10,11). The van der Waals surface area contributed by atoms with Crippen molar-refractivity contribution in [1.29, 1.82) is 5.41 Å². The third kappa shape index (κ3) is 9.43. The molecular weight excluding hydrogens is 138 g/mol. The van der Waals surface area contributed by atoms with Gasteiger partial charge in [0.05, 0.1) is 5.84 Å². The highest BCUT2D eigenvalue weighted by Gasteiger charge is 1.94. The molecule has 0 aromatic carbocycles. The average molecular weight is 157 g/mol. The molecule has 66 valence electrons. The molecule has 0 heterocycles. The average Bonchev–Trinajstić information content (AvgIpc) is 1.85. The van der Waals surface area contributed by atoms with E-state index < -0.39 is 0 Å². The van der Waals surface area contributed by atoms with E-state index in [1.807, 2.05) is 6.92 Å². The van der Waals surface area contributed by atoms with E-state index in [1.54, 1.807) is 0 Å². The van der Waals surface area contributed by atoms with Gasteiger partial charge in [-0.2, -0.15) is 0 Å². The maximum atomic E-state index is 6.97. The third-order valence-corrected chi connectivity index (χ3v) is 1.61. The molecule has 0 aliphatic rings. The Kier molecular flexibility index (Phi) is 5.84. The van der Waals surface area contributed by atoms with Crippen LogP contribution in [0.3, 0.4) is 0 Å². The summed E-state index contributed by atoms with van der Waals surface area (Å²) in [5, 5.41) is 6.97. The van der Waals surface area contributed by atoms with Gasteiger partial charge in [-0.15, -0.1) is 0 Å². The van der Waals surface area contributed by atoms with Crippen LogP contribution in [0.15, 0.2) is 0 Å². The lowest BCUT2D eigenvalue weighted by atomic mass is 10.1. The quantitative estimate of drug-likeness (QED) is 0.308. The van der Waals surface area contributed by atoms with Crippen LogP contribution in [0.1, 0.15) is 39.0 Å². The normalized spacial score (nSPS) is 12.9. The fourth-order valence-corrected chi connectivity index (χ4v) is 0.959. The van der Waals surface area contributed by atoms with E-state index in [2.05, 4.69) is 0 Å². The molecule has 0 aliphatic carbocycles. The summed E-state index contributed by atoms with van der Waals surface area (Å²) in [5.41, 5.74) is 10.8. The van der Waals surface area contributed by atoms with Crippen molar-refractivity contribution in [3.05, 3.63) is 0 Å². The monoisotopic (exact) mass is 157 g/mol. The Morgan fingerprint density at radius 2 is 2.00 bits per heavy atom. The van der Waals surface area contributed by atoms with Gasteiger partial charge in [0.1, 0.15) is 0 Å². The summed E-state index contributed by atoms with van der Waals surface area (Å²) >= 11 is 0. The van der Waals surface area contributed by atoms with Crippen molar-refractivity contribution in [1.82, 2.24) is 0 Å². The number of unbranched alkanes of at least 4 members (excludes halogenated alkanes) is 2. The van der Waals surface area contributed by atoms with Crippen molar-refractivity contribution in [3.63, 3.8) is 0 Å². The predicted molar refractivity (Wildman–Crippen MR) is 48.6 cm³/mol. The third-order valence-electron chi connectivity index (χ3n) is 1.61. The number of nitrogens with one attached hydrogen (secondary N) is 1. The molecule has 0 saturated carbocycles. The summed E-state index contributed by atoms with van der Waals surface area (Å²) in [6.07, 6.45) is 5.14. The van der Waals surface area contributed by atoms with Crippen LogP contribution in [-0.2, 0) is 0 Å². The maximum absolute atomic E-state index is 6.97. The van der Waals surface area contributed by atoms with Gasteiger partial charge in [-0.25, -0.2) is 0 Å². The van der Waals surface area contributed by atoms with E-state index >= 15 is 0 Å². The second-order valence-electron chi connectivity index (χ2n) is 3.10. The van der Waals surface area contributed by atoms with Crippen LogP contribution in [0.2, 0.25) is 0 Å². The SMILES string of the molecule is CC(N)CCCCCC(=N)N. The highest BCUT2D eigenvalue weighted by molar-refractivity contribution is 5.76. The lowest BCUT2D eigenvalue weighted by Crippen LogP contribution is -2.14. The number of nitrogens with two attached hydrogens (primary N) is 2. The maximum Gasteiger partial charge on any atom is 0.0905 e. The van der Waals surface area contributed by atoms with Gasteiger partial charge < -0.3 is 11.5 Å². The van der Waals surface area contributed by atoms with Gasteiger partial charge in [-0.05, 0) is 19.8 Å². The molecular formula is C8H19N3. The zero-order chi connectivity index (χ0) is 8.69. The van der Waals surface area contributed by atoms with Crippen LogP contribution in [0, 0.1) is 5.41 Å². The molecule has 3 nitrogen and oxygen atoms in total. The first-order chi connectivity index (χ1) is 5.13. The second kappa shape index (κ2) is 6.16. The summed E-state index contributed by atoms with van der Waals surface area (Å²) in [6.45, 7) is 2.02. The van der Waals surface area contributed by atoms with Crippen LogP contribution in [0.5, 0.6) is 0 Å². The Bertz CT molecular complexity index is 110. The Balaban J connectivity index is 2.97. The van der Waals surface area contributed by atoms with Crippen molar-refractivity contribution in [2.24, 2.45) is 11.5 Å². The summed E-state index contributed by atoms with van der Waals surface area (Å²) in [6, 6.07) is 0.312. The Hall–Kier alpha value is -0.570. The smallest absolute Gasteiger partial charge is 0.0905 e. The molecule has 0 aliphatic heterocycles. The number of rotatable bonds is 6. The van der Waals surface area contributed by atoms with E-state index in [0.717, 1.165) is 32.1 Å². The topological polar surface area (TPSA) is 75.9 Å². The summed E-state index contributed by atoms with van der Waals surface area (Å²) < 4.78 is 0. The first-order valence-electron chi connectivity index (χ1n) is 4.21. The van der Waals surface area contributed by atoms with Crippen molar-refractivity contribution in [2.45, 2.75) is 45.1 Å². The van der Waals surface area contributed by atoms with Gasteiger partial charge in [0.25, 0.3) is 0 Å². The number of amidine groups is 1. The summed E-state index contributed by atoms with van der Waals surface area (Å²) in [5.74, 6) is 0.297. The van der Waals surface area contributed by atoms with E-state index in [9.17, 15) is 0 Å². The van der Waals surface area contributed by atoms with Crippen molar-refractivity contribution < 1.29 is 0 Å². The van der Waals surface area contributed by atoms with E-state index in [4.69, 9.17) is 16.9 Å².